The summed E-state index contributed by atoms with van der Waals surface area (Å²) in [5.74, 6) is 0. The summed E-state index contributed by atoms with van der Waals surface area (Å²) in [4.78, 5) is 5.01. The lowest BCUT2D eigenvalue weighted by atomic mass is 9.83. The Morgan fingerprint density at radius 3 is 1.91 bits per heavy atom. The Morgan fingerprint density at radius 1 is 0.515 bits per heavy atom. The lowest BCUT2D eigenvalue weighted by Gasteiger charge is -2.33. The highest BCUT2D eigenvalue weighted by molar-refractivity contribution is 6.12. The average Bonchev–Trinajstić information content (AvgIpc) is 3.30. The molecular formula is C31H26N2. The van der Waals surface area contributed by atoms with Crippen LogP contribution in [0.1, 0.15) is 35.1 Å². The first-order chi connectivity index (χ1) is 16.4. The van der Waals surface area contributed by atoms with Gasteiger partial charge in [0.15, 0.2) is 0 Å². The summed E-state index contributed by atoms with van der Waals surface area (Å²) in [6.07, 6.45) is 5.00. The average molecular weight is 427 g/mol. The molecule has 0 amide bonds. The van der Waals surface area contributed by atoms with Gasteiger partial charge in [-0.25, -0.2) is 0 Å². The number of rotatable bonds is 2. The Balaban J connectivity index is 1.56. The SMILES string of the molecule is c1ccc(C2=C3c4cc5c(cc4-c4ccccc4N3CN2c2ccccc2)CCCC5)cc1. The molecule has 0 spiro atoms. The van der Waals surface area contributed by atoms with Crippen molar-refractivity contribution in [3.8, 4) is 11.1 Å². The van der Waals surface area contributed by atoms with Gasteiger partial charge < -0.3 is 9.80 Å². The molecule has 2 aliphatic heterocycles. The van der Waals surface area contributed by atoms with Crippen molar-refractivity contribution in [2.45, 2.75) is 25.7 Å². The number of hydrogen-bond acceptors (Lipinski definition) is 2. The Morgan fingerprint density at radius 2 is 1.15 bits per heavy atom. The third-order valence-electron chi connectivity index (χ3n) is 7.38. The van der Waals surface area contributed by atoms with Crippen molar-refractivity contribution < 1.29 is 0 Å². The van der Waals surface area contributed by atoms with Crippen LogP contribution in [-0.4, -0.2) is 6.67 Å². The number of aryl methyl sites for hydroxylation is 2. The van der Waals surface area contributed by atoms with Crippen molar-refractivity contribution in [2.24, 2.45) is 0 Å². The summed E-state index contributed by atoms with van der Waals surface area (Å²) < 4.78 is 0. The monoisotopic (exact) mass is 426 g/mol. The molecule has 1 aliphatic carbocycles. The van der Waals surface area contributed by atoms with Gasteiger partial charge in [0.2, 0.25) is 0 Å². The number of anilines is 2. The summed E-state index contributed by atoms with van der Waals surface area (Å²) in [5.41, 5.74) is 13.7. The van der Waals surface area contributed by atoms with Gasteiger partial charge in [-0.05, 0) is 66.6 Å². The van der Waals surface area contributed by atoms with E-state index in [1.807, 2.05) is 0 Å². The Labute approximate surface area is 195 Å². The van der Waals surface area contributed by atoms with E-state index in [4.69, 9.17) is 0 Å². The molecule has 33 heavy (non-hydrogen) atoms. The molecule has 0 aromatic heterocycles. The first-order valence-corrected chi connectivity index (χ1v) is 12.0. The van der Waals surface area contributed by atoms with E-state index in [2.05, 4.69) is 107 Å². The molecule has 0 bridgehead atoms. The smallest absolute Gasteiger partial charge is 0.100 e. The van der Waals surface area contributed by atoms with Gasteiger partial charge in [0.25, 0.3) is 0 Å². The maximum atomic E-state index is 2.53. The van der Waals surface area contributed by atoms with Crippen LogP contribution in [0, 0.1) is 0 Å². The van der Waals surface area contributed by atoms with E-state index in [1.54, 1.807) is 5.56 Å². The van der Waals surface area contributed by atoms with Crippen LogP contribution in [0.25, 0.3) is 22.5 Å². The van der Waals surface area contributed by atoms with Crippen LogP contribution in [0.15, 0.2) is 97.1 Å². The second-order valence-corrected chi connectivity index (χ2v) is 9.29. The van der Waals surface area contributed by atoms with Crippen LogP contribution in [0.3, 0.4) is 0 Å². The van der Waals surface area contributed by atoms with Crippen molar-refractivity contribution in [1.82, 2.24) is 0 Å². The van der Waals surface area contributed by atoms with E-state index in [0.717, 1.165) is 6.67 Å². The molecule has 0 N–H and O–H groups in total. The van der Waals surface area contributed by atoms with Crippen LogP contribution in [0.5, 0.6) is 0 Å². The van der Waals surface area contributed by atoms with Gasteiger partial charge >= 0.3 is 0 Å². The van der Waals surface area contributed by atoms with Crippen molar-refractivity contribution >= 4 is 22.8 Å². The van der Waals surface area contributed by atoms with E-state index < -0.39 is 0 Å². The van der Waals surface area contributed by atoms with E-state index in [0.29, 0.717) is 0 Å². The molecule has 4 aromatic carbocycles. The van der Waals surface area contributed by atoms with Gasteiger partial charge in [-0.15, -0.1) is 0 Å². The van der Waals surface area contributed by atoms with Crippen molar-refractivity contribution in [2.75, 3.05) is 16.5 Å². The number of para-hydroxylation sites is 2. The van der Waals surface area contributed by atoms with Gasteiger partial charge in [0.1, 0.15) is 6.67 Å². The zero-order valence-corrected chi connectivity index (χ0v) is 18.7. The van der Waals surface area contributed by atoms with E-state index >= 15 is 0 Å². The molecule has 0 saturated carbocycles. The number of nitrogens with zero attached hydrogens (tertiary/aromatic N) is 2. The quantitative estimate of drug-likeness (QED) is 0.330. The predicted molar refractivity (Wildman–Crippen MR) is 138 cm³/mol. The molecule has 160 valence electrons. The fourth-order valence-electron chi connectivity index (χ4n) is 5.86. The molecule has 2 nitrogen and oxygen atoms in total. The molecule has 0 fully saturated rings. The van der Waals surface area contributed by atoms with Crippen LogP contribution in [-0.2, 0) is 12.8 Å². The third-order valence-corrected chi connectivity index (χ3v) is 7.38. The minimum Gasteiger partial charge on any atom is -0.321 e. The number of hydrogen-bond donors (Lipinski definition) is 0. The van der Waals surface area contributed by atoms with Gasteiger partial charge in [0, 0.05) is 22.4 Å². The molecule has 0 unspecified atom stereocenters. The fourth-order valence-corrected chi connectivity index (χ4v) is 5.86. The largest absolute Gasteiger partial charge is 0.321 e. The molecule has 0 saturated heterocycles. The standard InChI is InChI=1S/C31H26N2/c1-3-11-22(12-4-1)30-31-28-20-24-14-8-7-13-23(24)19-27(28)26-17-9-10-18-29(26)33(31)21-32(30)25-15-5-2-6-16-25/h1-6,9-12,15-20H,7-8,13-14,21H2. The molecule has 0 atom stereocenters. The van der Waals surface area contributed by atoms with E-state index in [9.17, 15) is 0 Å². The molecule has 0 radical (unpaired) electrons. The van der Waals surface area contributed by atoms with E-state index in [1.165, 1.54) is 76.3 Å². The fraction of sp³-hybridized carbons (Fsp3) is 0.161. The van der Waals surface area contributed by atoms with Crippen LogP contribution < -0.4 is 9.80 Å². The summed E-state index contributed by atoms with van der Waals surface area (Å²) in [6, 6.07) is 35.7. The summed E-state index contributed by atoms with van der Waals surface area (Å²) >= 11 is 0. The summed E-state index contributed by atoms with van der Waals surface area (Å²) in [5, 5.41) is 0. The van der Waals surface area contributed by atoms with Crippen molar-refractivity contribution in [1.29, 1.82) is 0 Å². The highest BCUT2D eigenvalue weighted by atomic mass is 15.4. The molecule has 2 heteroatoms. The second-order valence-electron chi connectivity index (χ2n) is 9.29. The van der Waals surface area contributed by atoms with Gasteiger partial charge in [-0.3, -0.25) is 0 Å². The van der Waals surface area contributed by atoms with Gasteiger partial charge in [-0.2, -0.15) is 0 Å². The lowest BCUT2D eigenvalue weighted by molar-refractivity contribution is 0.685. The zero-order valence-electron chi connectivity index (χ0n) is 18.7. The highest BCUT2D eigenvalue weighted by Crippen LogP contribution is 2.52. The zero-order chi connectivity index (χ0) is 21.8. The van der Waals surface area contributed by atoms with Gasteiger partial charge in [-0.1, -0.05) is 72.8 Å². The molecule has 7 rings (SSSR count). The predicted octanol–water partition coefficient (Wildman–Crippen LogP) is 7.36. The number of fused-ring (bicyclic) bond motifs is 7. The first kappa shape index (κ1) is 18.8. The number of benzene rings is 4. The van der Waals surface area contributed by atoms with Crippen molar-refractivity contribution in [3.05, 3.63) is 119 Å². The molecular weight excluding hydrogens is 400 g/mol. The Hall–Kier alpha value is -3.78. The maximum absolute atomic E-state index is 2.53. The third kappa shape index (κ3) is 2.87. The second kappa shape index (κ2) is 7.38. The molecule has 3 aliphatic rings. The van der Waals surface area contributed by atoms with Crippen molar-refractivity contribution in [3.63, 3.8) is 0 Å². The van der Waals surface area contributed by atoms with Crippen LogP contribution >= 0.6 is 0 Å². The minimum absolute atomic E-state index is 0.817. The Kier molecular flexibility index (Phi) is 4.20. The molecule has 4 aromatic rings. The van der Waals surface area contributed by atoms with Crippen LogP contribution in [0.4, 0.5) is 11.4 Å². The van der Waals surface area contributed by atoms with E-state index in [-0.39, 0.29) is 0 Å². The summed E-state index contributed by atoms with van der Waals surface area (Å²) in [6.45, 7) is 0.817. The topological polar surface area (TPSA) is 6.48 Å². The molecule has 2 heterocycles. The normalized spacial score (nSPS) is 16.2. The first-order valence-electron chi connectivity index (χ1n) is 12.0. The van der Waals surface area contributed by atoms with Gasteiger partial charge in [0.05, 0.1) is 17.1 Å². The van der Waals surface area contributed by atoms with Crippen LogP contribution in [0.2, 0.25) is 0 Å². The Bertz CT molecular complexity index is 1390. The summed E-state index contributed by atoms with van der Waals surface area (Å²) in [7, 11) is 0. The maximum Gasteiger partial charge on any atom is 0.100 e. The lowest BCUT2D eigenvalue weighted by Crippen LogP contribution is -2.29. The minimum atomic E-state index is 0.817. The highest BCUT2D eigenvalue weighted by Gasteiger charge is 2.38.